The van der Waals surface area contributed by atoms with Gasteiger partial charge in [-0.1, -0.05) is 23.9 Å². The van der Waals surface area contributed by atoms with E-state index in [-0.39, 0.29) is 16.8 Å². The fourth-order valence-corrected chi connectivity index (χ4v) is 6.20. The number of fused-ring (bicyclic) bond motifs is 1. The van der Waals surface area contributed by atoms with Crippen LogP contribution < -0.4 is 3.71 Å². The second-order valence-electron chi connectivity index (χ2n) is 7.39. The Morgan fingerprint density at radius 3 is 2.77 bits per heavy atom. The summed E-state index contributed by atoms with van der Waals surface area (Å²) in [7, 11) is -3.83. The fourth-order valence-electron chi connectivity index (χ4n) is 3.50. The van der Waals surface area contributed by atoms with E-state index < -0.39 is 10.0 Å². The van der Waals surface area contributed by atoms with Gasteiger partial charge in [0.1, 0.15) is 5.04 Å². The summed E-state index contributed by atoms with van der Waals surface area (Å²) in [5.41, 5.74) is 3.80. The predicted molar refractivity (Wildman–Crippen MR) is 127 cm³/mol. The smallest absolute Gasteiger partial charge is 0.273 e. The lowest BCUT2D eigenvalue weighted by Gasteiger charge is -2.19. The van der Waals surface area contributed by atoms with Crippen molar-refractivity contribution in [2.75, 3.05) is 16.9 Å². The quantitative estimate of drug-likeness (QED) is 0.483. The van der Waals surface area contributed by atoms with Gasteiger partial charge >= 0.3 is 0 Å². The van der Waals surface area contributed by atoms with Gasteiger partial charge in [-0.25, -0.2) is 12.1 Å². The summed E-state index contributed by atoms with van der Waals surface area (Å²) in [4.78, 5) is 8.13. The van der Waals surface area contributed by atoms with Crippen LogP contribution in [0, 0.1) is 13.8 Å². The average molecular weight is 462 g/mol. The van der Waals surface area contributed by atoms with E-state index >= 15 is 0 Å². The SMILES string of the molecule is Cc1cccc(S(=O)(=O)N(S)c2cc(C)cc3cc(C4=NCC(CCO)S4)[nH]c23)c1. The van der Waals surface area contributed by atoms with Crippen LogP contribution in [0.4, 0.5) is 5.69 Å². The monoisotopic (exact) mass is 461 g/mol. The molecule has 2 heterocycles. The van der Waals surface area contributed by atoms with Crippen molar-refractivity contribution in [3.05, 3.63) is 59.3 Å². The number of aliphatic imine (C=N–C) groups is 1. The van der Waals surface area contributed by atoms with Crippen LogP contribution in [-0.4, -0.2) is 42.0 Å². The van der Waals surface area contributed by atoms with Crippen molar-refractivity contribution < 1.29 is 13.5 Å². The Bertz CT molecular complexity index is 1230. The van der Waals surface area contributed by atoms with Gasteiger partial charge in [-0.3, -0.25) is 4.99 Å². The Balaban J connectivity index is 1.75. The molecular formula is C21H23N3O3S3. The third-order valence-electron chi connectivity index (χ3n) is 4.97. The molecule has 2 N–H and O–H groups in total. The summed E-state index contributed by atoms with van der Waals surface area (Å²) in [6.45, 7) is 4.59. The van der Waals surface area contributed by atoms with Crippen LogP contribution in [0.25, 0.3) is 10.9 Å². The number of H-pyrrole nitrogens is 1. The fraction of sp³-hybridized carbons (Fsp3) is 0.286. The van der Waals surface area contributed by atoms with Crippen molar-refractivity contribution in [1.82, 2.24) is 4.98 Å². The summed E-state index contributed by atoms with van der Waals surface area (Å²) in [5.74, 6) is 0. The minimum atomic E-state index is -3.83. The van der Waals surface area contributed by atoms with Gasteiger partial charge in [0, 0.05) is 17.2 Å². The van der Waals surface area contributed by atoms with Crippen LogP contribution >= 0.6 is 24.6 Å². The number of aliphatic hydroxyl groups is 1. The molecule has 1 unspecified atom stereocenters. The van der Waals surface area contributed by atoms with E-state index in [0.29, 0.717) is 24.2 Å². The molecule has 3 aromatic rings. The lowest BCUT2D eigenvalue weighted by Crippen LogP contribution is -2.22. The second-order valence-corrected chi connectivity index (χ2v) is 11.1. The van der Waals surface area contributed by atoms with E-state index in [1.54, 1.807) is 36.0 Å². The molecule has 1 aromatic heterocycles. The number of thiol groups is 1. The molecule has 0 amide bonds. The van der Waals surface area contributed by atoms with E-state index in [1.807, 2.05) is 32.0 Å². The van der Waals surface area contributed by atoms with Crippen LogP contribution in [0.5, 0.6) is 0 Å². The maximum Gasteiger partial charge on any atom is 0.273 e. The van der Waals surface area contributed by atoms with Gasteiger partial charge in [0.15, 0.2) is 0 Å². The van der Waals surface area contributed by atoms with Gasteiger partial charge in [0.25, 0.3) is 10.0 Å². The van der Waals surface area contributed by atoms with Gasteiger partial charge in [0.05, 0.1) is 28.3 Å². The number of hydrogen-bond donors (Lipinski definition) is 3. The molecule has 9 heteroatoms. The van der Waals surface area contributed by atoms with Gasteiger partial charge < -0.3 is 10.1 Å². The first-order valence-corrected chi connectivity index (χ1v) is 12.3. The van der Waals surface area contributed by atoms with Crippen LogP contribution in [0.15, 0.2) is 52.4 Å². The first kappa shape index (κ1) is 21.3. The number of benzene rings is 2. The van der Waals surface area contributed by atoms with Crippen molar-refractivity contribution in [1.29, 1.82) is 0 Å². The Morgan fingerprint density at radius 1 is 1.23 bits per heavy atom. The van der Waals surface area contributed by atoms with Crippen LogP contribution in [0.1, 0.15) is 23.2 Å². The number of nitrogens with one attached hydrogen (secondary N) is 1. The average Bonchev–Trinajstić information content (AvgIpc) is 3.33. The first-order valence-electron chi connectivity index (χ1n) is 9.56. The number of hydrogen-bond acceptors (Lipinski definition) is 6. The Kier molecular flexibility index (Phi) is 5.89. The highest BCUT2D eigenvalue weighted by Gasteiger charge is 2.26. The minimum Gasteiger partial charge on any atom is -0.396 e. The van der Waals surface area contributed by atoms with Gasteiger partial charge in [-0.2, -0.15) is 0 Å². The Hall–Kier alpha value is -1.94. The lowest BCUT2D eigenvalue weighted by molar-refractivity contribution is 0.288. The van der Waals surface area contributed by atoms with Gasteiger partial charge in [-0.05, 0) is 74.5 Å². The largest absolute Gasteiger partial charge is 0.396 e. The van der Waals surface area contributed by atoms with Crippen LogP contribution in [-0.2, 0) is 10.0 Å². The number of rotatable bonds is 6. The molecule has 1 aliphatic rings. The van der Waals surface area contributed by atoms with Crippen LogP contribution in [0.3, 0.4) is 0 Å². The second kappa shape index (κ2) is 8.30. The number of aliphatic hydroxyl groups excluding tert-OH is 1. The number of aromatic amines is 1. The third-order valence-corrected chi connectivity index (χ3v) is 8.62. The summed E-state index contributed by atoms with van der Waals surface area (Å²) >= 11 is 6.03. The highest BCUT2D eigenvalue weighted by atomic mass is 32.3. The van der Waals surface area contributed by atoms with Crippen molar-refractivity contribution in [3.63, 3.8) is 0 Å². The highest BCUT2D eigenvalue weighted by Crippen LogP contribution is 2.36. The molecule has 6 nitrogen and oxygen atoms in total. The molecule has 0 fully saturated rings. The van der Waals surface area contributed by atoms with E-state index in [0.717, 1.165) is 31.0 Å². The van der Waals surface area contributed by atoms with Crippen LogP contribution in [0.2, 0.25) is 0 Å². The molecule has 0 radical (unpaired) electrons. The molecule has 30 heavy (non-hydrogen) atoms. The summed E-state index contributed by atoms with van der Waals surface area (Å²) < 4.78 is 27.4. The molecule has 0 aliphatic carbocycles. The zero-order valence-corrected chi connectivity index (χ0v) is 19.2. The topological polar surface area (TPSA) is 85.8 Å². The molecule has 1 aliphatic heterocycles. The number of aromatic nitrogens is 1. The van der Waals surface area contributed by atoms with Crippen molar-refractivity contribution >= 4 is 56.2 Å². The molecular weight excluding hydrogens is 438 g/mol. The Labute approximate surface area is 186 Å². The van der Waals surface area contributed by atoms with Crippen molar-refractivity contribution in [3.8, 4) is 0 Å². The molecule has 0 saturated heterocycles. The molecule has 0 saturated carbocycles. The predicted octanol–water partition coefficient (Wildman–Crippen LogP) is 4.07. The summed E-state index contributed by atoms with van der Waals surface area (Å²) in [6, 6.07) is 12.6. The molecule has 0 spiro atoms. The zero-order valence-electron chi connectivity index (χ0n) is 16.7. The molecule has 4 rings (SSSR count). The number of thioether (sulfide) groups is 1. The maximum atomic E-state index is 13.2. The van der Waals surface area contributed by atoms with E-state index in [2.05, 4.69) is 22.8 Å². The number of anilines is 1. The standard InChI is InChI=1S/C21H23N3O3S3/c1-13-4-3-5-17(9-13)30(26,27)24(28)19-10-14(2)8-15-11-18(23-20(15)19)21-22-12-16(29-21)6-7-25/h3-5,8-11,16,23,25,28H,6-7,12H2,1-2H3. The lowest BCUT2D eigenvalue weighted by atomic mass is 10.1. The van der Waals surface area contributed by atoms with Crippen molar-refractivity contribution in [2.24, 2.45) is 4.99 Å². The number of nitrogens with zero attached hydrogens (tertiary/aromatic N) is 2. The maximum absolute atomic E-state index is 13.2. The zero-order chi connectivity index (χ0) is 21.5. The minimum absolute atomic E-state index is 0.141. The first-order chi connectivity index (χ1) is 14.3. The summed E-state index contributed by atoms with van der Waals surface area (Å²) in [6.07, 6.45) is 0.696. The number of aryl methyl sites for hydroxylation is 2. The number of sulfonamides is 1. The molecule has 0 bridgehead atoms. The molecule has 158 valence electrons. The third kappa shape index (κ3) is 3.99. The van der Waals surface area contributed by atoms with Crippen molar-refractivity contribution in [2.45, 2.75) is 30.4 Å². The van der Waals surface area contributed by atoms with E-state index in [9.17, 15) is 13.5 Å². The van der Waals surface area contributed by atoms with E-state index in [1.165, 1.54) is 0 Å². The summed E-state index contributed by atoms with van der Waals surface area (Å²) in [5, 5.41) is 11.2. The Morgan fingerprint density at radius 2 is 2.03 bits per heavy atom. The highest BCUT2D eigenvalue weighted by molar-refractivity contribution is 8.15. The molecule has 1 atom stereocenters. The normalized spacial score (nSPS) is 16.8. The van der Waals surface area contributed by atoms with Gasteiger partial charge in [-0.15, -0.1) is 0 Å². The van der Waals surface area contributed by atoms with E-state index in [4.69, 9.17) is 0 Å². The molecule has 2 aromatic carbocycles. The van der Waals surface area contributed by atoms with Gasteiger partial charge in [0.2, 0.25) is 0 Å².